The second-order valence-electron chi connectivity index (χ2n) is 7.73. The van der Waals surface area contributed by atoms with Gasteiger partial charge in [-0.05, 0) is 34.9 Å². The molecule has 0 aliphatic heterocycles. The lowest BCUT2D eigenvalue weighted by atomic mass is 9.86. The van der Waals surface area contributed by atoms with Crippen LogP contribution in [0.4, 0.5) is 0 Å². The standard InChI is InChI=1S/C27H19N3O/c31-27(22-14-6-4-12-20(22)21-13-5-7-15-23(21)27)26(18-19-10-2-1-3-11-19)30-25-17-9-8-16-24(25)28-29-30/h1-18,31H/b26-18-. The van der Waals surface area contributed by atoms with Crippen LogP contribution in [0, 0.1) is 0 Å². The average molecular weight is 401 g/mol. The monoisotopic (exact) mass is 401 g/mol. The Balaban J connectivity index is 1.71. The molecule has 0 amide bonds. The van der Waals surface area contributed by atoms with E-state index >= 15 is 0 Å². The minimum absolute atomic E-state index is 0.643. The van der Waals surface area contributed by atoms with Crippen molar-refractivity contribution < 1.29 is 5.11 Å². The number of aliphatic hydroxyl groups is 1. The molecule has 6 rings (SSSR count). The predicted octanol–water partition coefficient (Wildman–Crippen LogP) is 5.35. The molecule has 5 aromatic rings. The second-order valence-corrected chi connectivity index (χ2v) is 7.73. The van der Waals surface area contributed by atoms with Gasteiger partial charge in [0.25, 0.3) is 0 Å². The van der Waals surface area contributed by atoms with E-state index in [1.807, 2.05) is 97.1 Å². The van der Waals surface area contributed by atoms with Crippen LogP contribution in [-0.4, -0.2) is 20.1 Å². The van der Waals surface area contributed by atoms with Crippen LogP contribution in [0.15, 0.2) is 103 Å². The van der Waals surface area contributed by atoms with Crippen molar-refractivity contribution in [2.45, 2.75) is 5.60 Å². The highest BCUT2D eigenvalue weighted by molar-refractivity contribution is 5.93. The van der Waals surface area contributed by atoms with E-state index < -0.39 is 5.60 Å². The maximum atomic E-state index is 12.5. The van der Waals surface area contributed by atoms with E-state index in [2.05, 4.69) is 22.4 Å². The Labute approximate surface area is 179 Å². The highest BCUT2D eigenvalue weighted by Gasteiger charge is 2.46. The molecule has 0 spiro atoms. The number of para-hydroxylation sites is 1. The Kier molecular flexibility index (Phi) is 3.88. The van der Waals surface area contributed by atoms with Gasteiger partial charge in [-0.15, -0.1) is 5.10 Å². The summed E-state index contributed by atoms with van der Waals surface area (Å²) < 4.78 is 1.77. The van der Waals surface area contributed by atoms with Gasteiger partial charge in [-0.25, -0.2) is 4.68 Å². The summed E-state index contributed by atoms with van der Waals surface area (Å²) >= 11 is 0. The van der Waals surface area contributed by atoms with Crippen LogP contribution in [0.2, 0.25) is 0 Å². The maximum Gasteiger partial charge on any atom is 0.158 e. The van der Waals surface area contributed by atoms with Gasteiger partial charge < -0.3 is 5.11 Å². The van der Waals surface area contributed by atoms with Crippen molar-refractivity contribution in [3.05, 3.63) is 120 Å². The largest absolute Gasteiger partial charge is 0.374 e. The molecule has 31 heavy (non-hydrogen) atoms. The van der Waals surface area contributed by atoms with Crippen LogP contribution in [0.5, 0.6) is 0 Å². The first-order chi connectivity index (χ1) is 15.3. The van der Waals surface area contributed by atoms with Gasteiger partial charge in [-0.2, -0.15) is 0 Å². The van der Waals surface area contributed by atoms with Crippen LogP contribution in [0.25, 0.3) is 33.9 Å². The van der Waals surface area contributed by atoms with Crippen molar-refractivity contribution in [1.82, 2.24) is 15.0 Å². The van der Waals surface area contributed by atoms with Crippen molar-refractivity contribution in [3.8, 4) is 11.1 Å². The van der Waals surface area contributed by atoms with Crippen LogP contribution in [0.1, 0.15) is 16.7 Å². The van der Waals surface area contributed by atoms with E-state index in [4.69, 9.17) is 0 Å². The maximum absolute atomic E-state index is 12.5. The van der Waals surface area contributed by atoms with Crippen molar-refractivity contribution in [1.29, 1.82) is 0 Å². The first kappa shape index (κ1) is 17.8. The molecule has 4 nitrogen and oxygen atoms in total. The smallest absolute Gasteiger partial charge is 0.158 e. The van der Waals surface area contributed by atoms with Crippen LogP contribution in [-0.2, 0) is 5.60 Å². The molecule has 148 valence electrons. The molecule has 1 aliphatic carbocycles. The summed E-state index contributed by atoms with van der Waals surface area (Å²) in [4.78, 5) is 0. The van der Waals surface area contributed by atoms with Crippen molar-refractivity contribution in [3.63, 3.8) is 0 Å². The van der Waals surface area contributed by atoms with Gasteiger partial charge in [0.05, 0.1) is 11.2 Å². The fraction of sp³-hybridized carbons (Fsp3) is 0.0370. The summed E-state index contributed by atoms with van der Waals surface area (Å²) in [5, 5.41) is 21.3. The van der Waals surface area contributed by atoms with Gasteiger partial charge >= 0.3 is 0 Å². The topological polar surface area (TPSA) is 50.9 Å². The lowest BCUT2D eigenvalue weighted by Gasteiger charge is -2.29. The van der Waals surface area contributed by atoms with Crippen molar-refractivity contribution in [2.75, 3.05) is 0 Å². The zero-order chi connectivity index (χ0) is 20.8. The molecule has 0 unspecified atom stereocenters. The van der Waals surface area contributed by atoms with Gasteiger partial charge in [-0.1, -0.05) is 96.2 Å². The van der Waals surface area contributed by atoms with Gasteiger partial charge in [0, 0.05) is 11.1 Å². The van der Waals surface area contributed by atoms with Crippen LogP contribution < -0.4 is 0 Å². The zero-order valence-corrected chi connectivity index (χ0v) is 16.7. The molecule has 0 bridgehead atoms. The summed E-state index contributed by atoms with van der Waals surface area (Å²) in [6, 6.07) is 33.9. The van der Waals surface area contributed by atoms with Crippen LogP contribution in [0.3, 0.4) is 0 Å². The molecule has 0 atom stereocenters. The van der Waals surface area contributed by atoms with Crippen molar-refractivity contribution in [2.24, 2.45) is 0 Å². The van der Waals surface area contributed by atoms with Gasteiger partial charge in [0.15, 0.2) is 5.60 Å². The molecular formula is C27H19N3O. The minimum atomic E-state index is -1.38. The highest BCUT2D eigenvalue weighted by Crippen LogP contribution is 2.52. The Hall–Kier alpha value is -4.02. The Morgan fingerprint density at radius 2 is 1.29 bits per heavy atom. The van der Waals surface area contributed by atoms with E-state index in [-0.39, 0.29) is 0 Å². The molecule has 4 heteroatoms. The number of fused-ring (bicyclic) bond motifs is 4. The van der Waals surface area contributed by atoms with Gasteiger partial charge in [0.1, 0.15) is 5.52 Å². The number of nitrogens with zero attached hydrogens (tertiary/aromatic N) is 3. The molecular weight excluding hydrogens is 382 g/mol. The van der Waals surface area contributed by atoms with E-state index in [0.717, 1.165) is 38.9 Å². The quantitative estimate of drug-likeness (QED) is 0.444. The van der Waals surface area contributed by atoms with E-state index in [0.29, 0.717) is 5.70 Å². The number of hydrogen-bond acceptors (Lipinski definition) is 3. The summed E-state index contributed by atoms with van der Waals surface area (Å²) in [6.45, 7) is 0. The second kappa shape index (κ2) is 6.76. The summed E-state index contributed by atoms with van der Waals surface area (Å²) in [5.74, 6) is 0. The van der Waals surface area contributed by atoms with Crippen molar-refractivity contribution >= 4 is 22.8 Å². The summed E-state index contributed by atoms with van der Waals surface area (Å²) in [6.07, 6.45) is 2.00. The van der Waals surface area contributed by atoms with E-state index in [1.54, 1.807) is 4.68 Å². The SMILES string of the molecule is OC1(/C(=C/c2ccccc2)n2nnc3ccccc32)c2ccccc2-c2ccccc21. The molecule has 0 fully saturated rings. The van der Waals surface area contributed by atoms with E-state index in [9.17, 15) is 5.11 Å². The number of rotatable bonds is 3. The molecule has 1 aromatic heterocycles. The summed E-state index contributed by atoms with van der Waals surface area (Å²) in [5.41, 5.74) is 5.63. The third-order valence-electron chi connectivity index (χ3n) is 5.98. The normalized spacial score (nSPS) is 14.4. The third-order valence-corrected chi connectivity index (χ3v) is 5.98. The molecule has 4 aromatic carbocycles. The predicted molar refractivity (Wildman–Crippen MR) is 123 cm³/mol. The van der Waals surface area contributed by atoms with Gasteiger partial charge in [0.2, 0.25) is 0 Å². The summed E-state index contributed by atoms with van der Waals surface area (Å²) in [7, 11) is 0. The first-order valence-electron chi connectivity index (χ1n) is 10.3. The number of aromatic nitrogens is 3. The fourth-order valence-corrected chi connectivity index (χ4v) is 4.56. The highest BCUT2D eigenvalue weighted by atomic mass is 16.3. The molecule has 1 N–H and O–H groups in total. The number of benzene rings is 4. The molecule has 0 saturated carbocycles. The molecule has 0 radical (unpaired) electrons. The Bertz CT molecular complexity index is 1400. The Morgan fingerprint density at radius 3 is 2.00 bits per heavy atom. The fourth-order valence-electron chi connectivity index (χ4n) is 4.56. The first-order valence-corrected chi connectivity index (χ1v) is 10.3. The minimum Gasteiger partial charge on any atom is -0.374 e. The molecule has 0 saturated heterocycles. The lowest BCUT2D eigenvalue weighted by Crippen LogP contribution is -2.30. The van der Waals surface area contributed by atoms with Crippen LogP contribution >= 0.6 is 0 Å². The Morgan fingerprint density at radius 1 is 0.710 bits per heavy atom. The lowest BCUT2D eigenvalue weighted by molar-refractivity contribution is 0.144. The average Bonchev–Trinajstić information content (AvgIpc) is 3.37. The number of hydrogen-bond donors (Lipinski definition) is 1. The molecule has 1 aliphatic rings. The van der Waals surface area contributed by atoms with Gasteiger partial charge in [-0.3, -0.25) is 0 Å². The molecule has 1 heterocycles. The zero-order valence-electron chi connectivity index (χ0n) is 16.7. The van der Waals surface area contributed by atoms with E-state index in [1.165, 1.54) is 0 Å². The third kappa shape index (κ3) is 2.59.